The number of benzene rings is 2. The van der Waals surface area contributed by atoms with Crippen LogP contribution in [0.3, 0.4) is 0 Å². The van der Waals surface area contributed by atoms with Crippen LogP contribution in [0, 0.1) is 11.3 Å². The van der Waals surface area contributed by atoms with Gasteiger partial charge in [-0.15, -0.1) is 0 Å². The number of hydrogen-bond acceptors (Lipinski definition) is 5. The lowest BCUT2D eigenvalue weighted by atomic mass is 10.2. The van der Waals surface area contributed by atoms with E-state index in [-0.39, 0.29) is 5.91 Å². The zero-order chi connectivity index (χ0) is 19.1. The maximum atomic E-state index is 12.5. The Morgan fingerprint density at radius 1 is 1.23 bits per heavy atom. The van der Waals surface area contributed by atoms with E-state index in [2.05, 4.69) is 5.32 Å². The van der Waals surface area contributed by atoms with Crippen molar-refractivity contribution in [2.24, 2.45) is 0 Å². The molecule has 6 nitrogen and oxygen atoms in total. The molecule has 1 atom stereocenters. The van der Waals surface area contributed by atoms with Crippen LogP contribution in [0.25, 0.3) is 0 Å². The van der Waals surface area contributed by atoms with Gasteiger partial charge < -0.3 is 19.5 Å². The van der Waals surface area contributed by atoms with E-state index in [4.69, 9.17) is 31.1 Å². The Morgan fingerprint density at radius 2 is 1.96 bits per heavy atom. The van der Waals surface area contributed by atoms with Gasteiger partial charge in [-0.3, -0.25) is 4.79 Å². The fourth-order valence-corrected chi connectivity index (χ4v) is 2.37. The Morgan fingerprint density at radius 3 is 2.62 bits per heavy atom. The number of nitrogens with zero attached hydrogens (tertiary/aromatic N) is 1. The second-order valence-corrected chi connectivity index (χ2v) is 5.74. The van der Waals surface area contributed by atoms with Gasteiger partial charge in [0.2, 0.25) is 0 Å². The molecular weight excluding hydrogens is 356 g/mol. The van der Waals surface area contributed by atoms with Gasteiger partial charge in [0, 0.05) is 11.1 Å². The van der Waals surface area contributed by atoms with Crippen LogP contribution in [-0.4, -0.2) is 25.7 Å². The monoisotopic (exact) mass is 374 g/mol. The molecule has 0 heterocycles. The molecule has 2 aromatic rings. The number of nitriles is 1. The van der Waals surface area contributed by atoms with Crippen LogP contribution in [0.4, 0.5) is 5.69 Å². The van der Waals surface area contributed by atoms with Crippen molar-refractivity contribution in [3.05, 3.63) is 47.0 Å². The summed E-state index contributed by atoms with van der Waals surface area (Å²) in [5, 5.41) is 12.2. The van der Waals surface area contributed by atoms with E-state index in [1.165, 1.54) is 7.11 Å². The van der Waals surface area contributed by atoms with Crippen molar-refractivity contribution in [2.45, 2.75) is 20.0 Å². The Balaban J connectivity index is 2.15. The Labute approximate surface area is 157 Å². The average Bonchev–Trinajstić information content (AvgIpc) is 2.63. The molecule has 0 spiro atoms. The van der Waals surface area contributed by atoms with Crippen LogP contribution in [0.5, 0.6) is 17.2 Å². The number of carbonyl (C=O) groups excluding carboxylic acids is 1. The van der Waals surface area contributed by atoms with Crippen molar-refractivity contribution in [1.29, 1.82) is 5.26 Å². The van der Waals surface area contributed by atoms with Gasteiger partial charge in [-0.25, -0.2) is 0 Å². The van der Waals surface area contributed by atoms with Crippen molar-refractivity contribution in [1.82, 2.24) is 0 Å². The van der Waals surface area contributed by atoms with E-state index in [0.29, 0.717) is 40.1 Å². The summed E-state index contributed by atoms with van der Waals surface area (Å²) >= 11 is 5.97. The second-order valence-electron chi connectivity index (χ2n) is 5.30. The molecule has 0 radical (unpaired) electrons. The first-order chi connectivity index (χ1) is 12.5. The lowest BCUT2D eigenvalue weighted by Crippen LogP contribution is -2.30. The minimum Gasteiger partial charge on any atom is -0.495 e. The number of rotatable bonds is 7. The highest BCUT2D eigenvalue weighted by Crippen LogP contribution is 2.30. The molecule has 136 valence electrons. The number of nitrogens with one attached hydrogen (secondary N) is 1. The van der Waals surface area contributed by atoms with Crippen molar-refractivity contribution in [2.75, 3.05) is 19.0 Å². The van der Waals surface area contributed by atoms with Crippen molar-refractivity contribution >= 4 is 23.2 Å². The molecule has 1 amide bonds. The SMILES string of the molecule is CCOc1cc(C#N)ccc1O[C@@H](C)C(=O)Nc1cc(Cl)ccc1OC. The first-order valence-electron chi connectivity index (χ1n) is 7.96. The first-order valence-corrected chi connectivity index (χ1v) is 8.34. The number of methoxy groups -OCH3 is 1. The molecule has 0 bridgehead atoms. The largest absolute Gasteiger partial charge is 0.495 e. The molecule has 1 N–H and O–H groups in total. The predicted molar refractivity (Wildman–Crippen MR) is 99.0 cm³/mol. The number of anilines is 1. The van der Waals surface area contributed by atoms with E-state index in [1.54, 1.807) is 43.3 Å². The highest BCUT2D eigenvalue weighted by molar-refractivity contribution is 6.31. The topological polar surface area (TPSA) is 80.6 Å². The number of hydrogen-bond donors (Lipinski definition) is 1. The lowest BCUT2D eigenvalue weighted by Gasteiger charge is -2.18. The minimum absolute atomic E-state index is 0.377. The lowest BCUT2D eigenvalue weighted by molar-refractivity contribution is -0.122. The zero-order valence-electron chi connectivity index (χ0n) is 14.7. The summed E-state index contributed by atoms with van der Waals surface area (Å²) in [4.78, 5) is 12.5. The van der Waals surface area contributed by atoms with Gasteiger partial charge in [0.25, 0.3) is 5.91 Å². The molecule has 0 saturated heterocycles. The molecule has 26 heavy (non-hydrogen) atoms. The van der Waals surface area contributed by atoms with Gasteiger partial charge >= 0.3 is 0 Å². The summed E-state index contributed by atoms with van der Waals surface area (Å²) < 4.78 is 16.4. The van der Waals surface area contributed by atoms with Crippen LogP contribution in [0.1, 0.15) is 19.4 Å². The quantitative estimate of drug-likeness (QED) is 0.791. The predicted octanol–water partition coefficient (Wildman–Crippen LogP) is 4.02. The third-order valence-electron chi connectivity index (χ3n) is 3.47. The minimum atomic E-state index is -0.814. The summed E-state index contributed by atoms with van der Waals surface area (Å²) in [6.45, 7) is 3.84. The molecule has 0 saturated carbocycles. The first kappa shape index (κ1) is 19.4. The molecule has 0 unspecified atom stereocenters. The highest BCUT2D eigenvalue weighted by Gasteiger charge is 2.19. The van der Waals surface area contributed by atoms with Gasteiger partial charge in [-0.1, -0.05) is 11.6 Å². The second kappa shape index (κ2) is 8.97. The van der Waals surface area contributed by atoms with Gasteiger partial charge in [0.15, 0.2) is 17.6 Å². The third kappa shape index (κ3) is 4.80. The van der Waals surface area contributed by atoms with E-state index in [9.17, 15) is 4.79 Å². The van der Waals surface area contributed by atoms with Gasteiger partial charge in [-0.05, 0) is 44.2 Å². The van der Waals surface area contributed by atoms with Crippen LogP contribution in [0.2, 0.25) is 5.02 Å². The summed E-state index contributed by atoms with van der Waals surface area (Å²) in [6.07, 6.45) is -0.814. The van der Waals surface area contributed by atoms with Crippen molar-refractivity contribution < 1.29 is 19.0 Å². The Bertz CT molecular complexity index is 833. The van der Waals surface area contributed by atoms with Crippen LogP contribution in [-0.2, 0) is 4.79 Å². The zero-order valence-corrected chi connectivity index (χ0v) is 15.5. The number of ether oxygens (including phenoxy) is 3. The molecule has 2 rings (SSSR count). The van der Waals surface area contributed by atoms with Gasteiger partial charge in [-0.2, -0.15) is 5.26 Å². The highest BCUT2D eigenvalue weighted by atomic mass is 35.5. The van der Waals surface area contributed by atoms with E-state index >= 15 is 0 Å². The smallest absolute Gasteiger partial charge is 0.265 e. The molecule has 0 fully saturated rings. The number of halogens is 1. The standard InChI is InChI=1S/C19H19ClN2O4/c1-4-25-18-9-13(11-21)5-7-17(18)26-12(2)19(23)22-15-10-14(20)6-8-16(15)24-3/h5-10,12H,4H2,1-3H3,(H,22,23)/t12-/m0/s1. The fraction of sp³-hybridized carbons (Fsp3) is 0.263. The van der Waals surface area contributed by atoms with E-state index < -0.39 is 6.10 Å². The van der Waals surface area contributed by atoms with Gasteiger partial charge in [0.05, 0.1) is 31.0 Å². The Kier molecular flexibility index (Phi) is 6.70. The molecule has 0 aromatic heterocycles. The fourth-order valence-electron chi connectivity index (χ4n) is 2.20. The average molecular weight is 375 g/mol. The summed E-state index contributed by atoms with van der Waals surface area (Å²) in [5.41, 5.74) is 0.895. The molecule has 0 aliphatic rings. The van der Waals surface area contributed by atoms with E-state index in [0.717, 1.165) is 0 Å². The van der Waals surface area contributed by atoms with Crippen molar-refractivity contribution in [3.63, 3.8) is 0 Å². The summed E-state index contributed by atoms with van der Waals surface area (Å²) in [7, 11) is 1.50. The summed E-state index contributed by atoms with van der Waals surface area (Å²) in [5.74, 6) is 0.902. The third-order valence-corrected chi connectivity index (χ3v) is 3.70. The summed E-state index contributed by atoms with van der Waals surface area (Å²) in [6, 6.07) is 11.7. The van der Waals surface area contributed by atoms with Crippen LogP contribution < -0.4 is 19.5 Å². The van der Waals surface area contributed by atoms with Crippen LogP contribution >= 0.6 is 11.6 Å². The van der Waals surface area contributed by atoms with E-state index in [1.807, 2.05) is 13.0 Å². The number of carbonyl (C=O) groups is 1. The number of amides is 1. The molecular formula is C19H19ClN2O4. The maximum absolute atomic E-state index is 12.5. The molecule has 0 aliphatic carbocycles. The Hall–Kier alpha value is -2.91. The normalized spacial score (nSPS) is 11.2. The van der Waals surface area contributed by atoms with Crippen molar-refractivity contribution in [3.8, 4) is 23.3 Å². The van der Waals surface area contributed by atoms with Crippen LogP contribution in [0.15, 0.2) is 36.4 Å². The molecule has 0 aliphatic heterocycles. The maximum Gasteiger partial charge on any atom is 0.265 e. The molecule has 2 aromatic carbocycles. The van der Waals surface area contributed by atoms with Gasteiger partial charge in [0.1, 0.15) is 5.75 Å². The molecule has 7 heteroatoms.